The lowest BCUT2D eigenvalue weighted by Gasteiger charge is -2.27. The summed E-state index contributed by atoms with van der Waals surface area (Å²) in [5.41, 5.74) is 9.97. The molecule has 1 atom stereocenters. The van der Waals surface area contributed by atoms with Gasteiger partial charge in [0.15, 0.2) is 0 Å². The average Bonchev–Trinajstić information content (AvgIpc) is 2.64. The van der Waals surface area contributed by atoms with E-state index in [2.05, 4.69) is 43.9 Å². The molecule has 2 rings (SSSR count). The lowest BCUT2D eigenvalue weighted by atomic mass is 9.89. The third-order valence-corrected chi connectivity index (χ3v) is 4.57. The Morgan fingerprint density at radius 2 is 2.05 bits per heavy atom. The fourth-order valence-electron chi connectivity index (χ4n) is 3.35. The van der Waals surface area contributed by atoms with Crippen LogP contribution in [0.15, 0.2) is 18.2 Å². The predicted molar refractivity (Wildman–Crippen MR) is 83.5 cm³/mol. The predicted octanol–water partition coefficient (Wildman–Crippen LogP) is 3.72. The molecule has 0 spiro atoms. The van der Waals surface area contributed by atoms with E-state index in [0.717, 1.165) is 11.8 Å². The zero-order valence-electron chi connectivity index (χ0n) is 12.7. The van der Waals surface area contributed by atoms with E-state index in [1.165, 1.54) is 49.2 Å². The van der Waals surface area contributed by atoms with Crippen molar-refractivity contribution < 1.29 is 0 Å². The number of hydrogen-bond donors (Lipinski definition) is 1. The van der Waals surface area contributed by atoms with Crippen molar-refractivity contribution in [3.63, 3.8) is 0 Å². The summed E-state index contributed by atoms with van der Waals surface area (Å²) in [7, 11) is 0. The third kappa shape index (κ3) is 3.30. The Morgan fingerprint density at radius 3 is 2.74 bits per heavy atom. The Morgan fingerprint density at radius 1 is 1.26 bits per heavy atom. The second kappa shape index (κ2) is 6.42. The van der Waals surface area contributed by atoms with E-state index >= 15 is 0 Å². The number of rotatable bonds is 3. The van der Waals surface area contributed by atoms with Crippen LogP contribution < -0.4 is 10.6 Å². The minimum absolute atomic E-state index is 0.640. The highest BCUT2D eigenvalue weighted by atomic mass is 15.1. The summed E-state index contributed by atoms with van der Waals surface area (Å²) in [5.74, 6) is 1.70. The Kier molecular flexibility index (Phi) is 4.87. The second-order valence-corrected chi connectivity index (χ2v) is 6.21. The van der Waals surface area contributed by atoms with E-state index in [1.54, 1.807) is 0 Å². The van der Waals surface area contributed by atoms with Gasteiger partial charge in [0.05, 0.1) is 0 Å². The first-order valence-electron chi connectivity index (χ1n) is 7.67. The lowest BCUT2D eigenvalue weighted by Crippen LogP contribution is -2.27. The maximum absolute atomic E-state index is 5.91. The fraction of sp³-hybridized carbons (Fsp3) is 0.647. The molecule has 1 aliphatic rings. The number of nitrogens with zero attached hydrogens (tertiary/aromatic N) is 1. The highest BCUT2D eigenvalue weighted by Gasteiger charge is 2.21. The summed E-state index contributed by atoms with van der Waals surface area (Å²) >= 11 is 0. The summed E-state index contributed by atoms with van der Waals surface area (Å²) in [6, 6.07) is 6.50. The molecule has 2 nitrogen and oxygen atoms in total. The van der Waals surface area contributed by atoms with E-state index in [1.807, 2.05) is 0 Å². The molecular formula is C17H28N2. The first-order chi connectivity index (χ1) is 9.13. The summed E-state index contributed by atoms with van der Waals surface area (Å²) in [6.07, 6.45) is 4.00. The molecular weight excluding hydrogens is 232 g/mol. The van der Waals surface area contributed by atoms with Crippen LogP contribution in [0, 0.1) is 18.8 Å². The van der Waals surface area contributed by atoms with Crippen LogP contribution in [-0.2, 0) is 6.54 Å². The van der Waals surface area contributed by atoms with Crippen LogP contribution in [0.3, 0.4) is 0 Å². The van der Waals surface area contributed by atoms with Gasteiger partial charge in [-0.2, -0.15) is 0 Å². The molecule has 1 aromatic carbocycles. The molecule has 1 aliphatic heterocycles. The van der Waals surface area contributed by atoms with Gasteiger partial charge in [-0.25, -0.2) is 0 Å². The van der Waals surface area contributed by atoms with Gasteiger partial charge in [0.1, 0.15) is 0 Å². The molecule has 1 unspecified atom stereocenters. The Hall–Kier alpha value is -1.02. The number of aryl methyl sites for hydroxylation is 1. The summed E-state index contributed by atoms with van der Waals surface area (Å²) in [4.78, 5) is 2.57. The second-order valence-electron chi connectivity index (χ2n) is 6.21. The molecule has 2 heteroatoms. The molecule has 0 bridgehead atoms. The molecule has 1 aromatic rings. The van der Waals surface area contributed by atoms with Crippen LogP contribution in [0.4, 0.5) is 5.69 Å². The van der Waals surface area contributed by atoms with Crippen molar-refractivity contribution in [3.05, 3.63) is 29.3 Å². The Balaban J connectivity index is 2.18. The van der Waals surface area contributed by atoms with E-state index in [4.69, 9.17) is 5.73 Å². The summed E-state index contributed by atoms with van der Waals surface area (Å²) in [5, 5.41) is 0. The zero-order valence-corrected chi connectivity index (χ0v) is 12.7. The van der Waals surface area contributed by atoms with Crippen LogP contribution in [0.1, 0.15) is 44.2 Å². The highest BCUT2D eigenvalue weighted by Crippen LogP contribution is 2.30. The molecule has 0 aliphatic carbocycles. The SMILES string of the molecule is Cc1cccc(CN)c1N1CCCC(C(C)C)CC1. The van der Waals surface area contributed by atoms with Crippen molar-refractivity contribution in [3.8, 4) is 0 Å². The number of benzene rings is 1. The van der Waals surface area contributed by atoms with Crippen molar-refractivity contribution in [1.29, 1.82) is 0 Å². The fourth-order valence-corrected chi connectivity index (χ4v) is 3.35. The van der Waals surface area contributed by atoms with Gasteiger partial charge >= 0.3 is 0 Å². The molecule has 0 amide bonds. The van der Waals surface area contributed by atoms with Gasteiger partial charge in [0, 0.05) is 25.3 Å². The van der Waals surface area contributed by atoms with Gasteiger partial charge in [0.2, 0.25) is 0 Å². The average molecular weight is 260 g/mol. The van der Waals surface area contributed by atoms with Crippen LogP contribution in [0.5, 0.6) is 0 Å². The van der Waals surface area contributed by atoms with Crippen LogP contribution in [0.2, 0.25) is 0 Å². The van der Waals surface area contributed by atoms with Crippen molar-refractivity contribution in [2.45, 2.75) is 46.6 Å². The molecule has 0 aromatic heterocycles. The standard InChI is InChI=1S/C17H28N2/c1-13(2)15-8-5-10-19(11-9-15)17-14(3)6-4-7-16(17)12-18/h4,6-7,13,15H,5,8-12,18H2,1-3H3. The Bertz CT molecular complexity index is 412. The van der Waals surface area contributed by atoms with Gasteiger partial charge in [-0.05, 0) is 49.1 Å². The molecule has 0 saturated carbocycles. The van der Waals surface area contributed by atoms with Crippen LogP contribution in [-0.4, -0.2) is 13.1 Å². The monoisotopic (exact) mass is 260 g/mol. The van der Waals surface area contributed by atoms with Crippen LogP contribution in [0.25, 0.3) is 0 Å². The van der Waals surface area contributed by atoms with Gasteiger partial charge in [-0.15, -0.1) is 0 Å². The molecule has 1 fully saturated rings. The van der Waals surface area contributed by atoms with Gasteiger partial charge in [-0.1, -0.05) is 32.0 Å². The summed E-state index contributed by atoms with van der Waals surface area (Å²) in [6.45, 7) is 9.93. The first kappa shape index (κ1) is 14.4. The molecule has 106 valence electrons. The maximum Gasteiger partial charge on any atom is 0.0441 e. The normalized spacial score (nSPS) is 20.7. The molecule has 1 saturated heterocycles. The first-order valence-corrected chi connectivity index (χ1v) is 7.67. The largest absolute Gasteiger partial charge is 0.371 e. The number of anilines is 1. The lowest BCUT2D eigenvalue weighted by molar-refractivity contribution is 0.351. The van der Waals surface area contributed by atoms with Crippen molar-refractivity contribution in [2.24, 2.45) is 17.6 Å². The highest BCUT2D eigenvalue weighted by molar-refractivity contribution is 5.59. The summed E-state index contributed by atoms with van der Waals surface area (Å²) < 4.78 is 0. The third-order valence-electron chi connectivity index (χ3n) is 4.57. The van der Waals surface area contributed by atoms with E-state index < -0.39 is 0 Å². The quantitative estimate of drug-likeness (QED) is 0.897. The van der Waals surface area contributed by atoms with Gasteiger partial charge in [0.25, 0.3) is 0 Å². The number of nitrogens with two attached hydrogens (primary N) is 1. The molecule has 2 N–H and O–H groups in total. The topological polar surface area (TPSA) is 29.3 Å². The Labute approximate surface area is 118 Å². The maximum atomic E-state index is 5.91. The minimum atomic E-state index is 0.640. The van der Waals surface area contributed by atoms with Crippen molar-refractivity contribution >= 4 is 5.69 Å². The smallest absolute Gasteiger partial charge is 0.0441 e. The number of para-hydroxylation sites is 1. The molecule has 19 heavy (non-hydrogen) atoms. The van der Waals surface area contributed by atoms with Gasteiger partial charge < -0.3 is 10.6 Å². The van der Waals surface area contributed by atoms with Crippen molar-refractivity contribution in [2.75, 3.05) is 18.0 Å². The van der Waals surface area contributed by atoms with E-state index in [9.17, 15) is 0 Å². The minimum Gasteiger partial charge on any atom is -0.371 e. The van der Waals surface area contributed by atoms with Gasteiger partial charge in [-0.3, -0.25) is 0 Å². The molecule has 0 radical (unpaired) electrons. The zero-order chi connectivity index (χ0) is 13.8. The van der Waals surface area contributed by atoms with Crippen LogP contribution >= 0.6 is 0 Å². The van der Waals surface area contributed by atoms with E-state index in [0.29, 0.717) is 6.54 Å². The van der Waals surface area contributed by atoms with E-state index in [-0.39, 0.29) is 0 Å². The van der Waals surface area contributed by atoms with Crippen molar-refractivity contribution in [1.82, 2.24) is 0 Å². The number of hydrogen-bond acceptors (Lipinski definition) is 2. The molecule has 1 heterocycles.